The third kappa shape index (κ3) is 5.48. The fourth-order valence-electron chi connectivity index (χ4n) is 3.99. The molecule has 2 aromatic carbocycles. The number of hydrogen-bond donors (Lipinski definition) is 1. The Kier molecular flexibility index (Phi) is 6.64. The monoisotopic (exact) mass is 496 g/mol. The summed E-state index contributed by atoms with van der Waals surface area (Å²) in [4.78, 5) is 7.18. The van der Waals surface area contributed by atoms with Gasteiger partial charge in [-0.25, -0.2) is 13.4 Å². The predicted octanol–water partition coefficient (Wildman–Crippen LogP) is 4.67. The Morgan fingerprint density at radius 2 is 1.97 bits per heavy atom. The quantitative estimate of drug-likeness (QED) is 0.515. The molecule has 33 heavy (non-hydrogen) atoms. The highest BCUT2D eigenvalue weighted by Gasteiger charge is 2.38. The van der Waals surface area contributed by atoms with E-state index in [2.05, 4.69) is 14.6 Å². The lowest BCUT2D eigenvalue weighted by molar-refractivity contribution is -0.137. The first-order valence-corrected chi connectivity index (χ1v) is 12.7. The molecule has 4 rings (SSSR count). The van der Waals surface area contributed by atoms with Crippen molar-refractivity contribution in [1.82, 2.24) is 9.88 Å². The molecule has 3 aromatic rings. The zero-order valence-corrected chi connectivity index (χ0v) is 19.4. The Balaban J connectivity index is 1.55. The molecular weight excluding hydrogens is 473 g/mol. The summed E-state index contributed by atoms with van der Waals surface area (Å²) in [6.45, 7) is 2.13. The number of thiazole rings is 1. The second kappa shape index (κ2) is 9.32. The summed E-state index contributed by atoms with van der Waals surface area (Å²) in [5.41, 5.74) is 1.56. The van der Waals surface area contributed by atoms with Gasteiger partial charge in [-0.3, -0.25) is 9.62 Å². The van der Waals surface area contributed by atoms with Gasteiger partial charge in [0.2, 0.25) is 0 Å². The van der Waals surface area contributed by atoms with E-state index in [9.17, 15) is 21.6 Å². The van der Waals surface area contributed by atoms with Crippen LogP contribution in [0.5, 0.6) is 0 Å². The highest BCUT2D eigenvalue weighted by Crippen LogP contribution is 2.39. The van der Waals surface area contributed by atoms with E-state index in [1.54, 1.807) is 11.9 Å². The highest BCUT2D eigenvalue weighted by atomic mass is 32.2. The molecule has 1 aliphatic heterocycles. The molecule has 0 bridgehead atoms. The average Bonchev–Trinajstić information content (AvgIpc) is 3.45. The molecule has 0 spiro atoms. The number of nitrogens with one attached hydrogen (secondary N) is 1. The molecule has 0 aliphatic carbocycles. The topological polar surface area (TPSA) is 65.5 Å². The predicted molar refractivity (Wildman–Crippen MR) is 123 cm³/mol. The molecule has 1 aromatic heterocycles. The van der Waals surface area contributed by atoms with Crippen molar-refractivity contribution in [2.75, 3.05) is 29.8 Å². The number of alkyl halides is 3. The van der Waals surface area contributed by atoms with Crippen molar-refractivity contribution in [3.05, 3.63) is 70.5 Å². The lowest BCUT2D eigenvalue weighted by atomic mass is 10.1. The number of hydrogen-bond acceptors (Lipinski definition) is 6. The van der Waals surface area contributed by atoms with Gasteiger partial charge >= 0.3 is 6.18 Å². The minimum absolute atomic E-state index is 0.0401. The molecular formula is C22H23F3N4O2S2. The summed E-state index contributed by atoms with van der Waals surface area (Å²) in [6, 6.07) is 12.9. The van der Waals surface area contributed by atoms with Gasteiger partial charge in [0.1, 0.15) is 0 Å². The molecule has 1 saturated heterocycles. The van der Waals surface area contributed by atoms with Crippen LogP contribution in [-0.4, -0.2) is 44.5 Å². The number of sulfonamides is 1. The maximum atomic E-state index is 13.9. The first-order chi connectivity index (χ1) is 15.6. The number of rotatable bonds is 7. The molecule has 176 valence electrons. The minimum Gasteiger partial charge on any atom is -0.370 e. The van der Waals surface area contributed by atoms with E-state index in [0.29, 0.717) is 19.0 Å². The lowest BCUT2D eigenvalue weighted by Gasteiger charge is -2.30. The van der Waals surface area contributed by atoms with Gasteiger partial charge in [0.15, 0.2) is 5.82 Å². The summed E-state index contributed by atoms with van der Waals surface area (Å²) in [6.07, 6.45) is -4.00. The number of likely N-dealkylation sites (N-methyl/N-ethyl adjacent to an activating group) is 1. The van der Waals surface area contributed by atoms with Crippen molar-refractivity contribution in [3.8, 4) is 0 Å². The van der Waals surface area contributed by atoms with E-state index in [1.807, 2.05) is 30.3 Å². The van der Waals surface area contributed by atoms with Gasteiger partial charge in [-0.2, -0.15) is 13.2 Å². The molecule has 1 aliphatic rings. The number of nitrogens with zero attached hydrogens (tertiary/aromatic N) is 3. The highest BCUT2D eigenvalue weighted by molar-refractivity contribution is 7.92. The van der Waals surface area contributed by atoms with Crippen LogP contribution in [0.15, 0.2) is 64.3 Å². The van der Waals surface area contributed by atoms with Crippen molar-refractivity contribution in [3.63, 3.8) is 0 Å². The van der Waals surface area contributed by atoms with Crippen molar-refractivity contribution in [1.29, 1.82) is 0 Å². The van der Waals surface area contributed by atoms with Crippen LogP contribution in [0, 0.1) is 0 Å². The molecule has 6 nitrogen and oxygen atoms in total. The van der Waals surface area contributed by atoms with E-state index < -0.39 is 26.7 Å². The fourth-order valence-corrected chi connectivity index (χ4v) is 5.57. The van der Waals surface area contributed by atoms with E-state index in [0.717, 1.165) is 18.7 Å². The van der Waals surface area contributed by atoms with Gasteiger partial charge in [0, 0.05) is 43.8 Å². The van der Waals surface area contributed by atoms with Gasteiger partial charge < -0.3 is 4.90 Å². The maximum Gasteiger partial charge on any atom is 0.418 e. The van der Waals surface area contributed by atoms with Gasteiger partial charge in [-0.05, 0) is 30.2 Å². The van der Waals surface area contributed by atoms with Crippen molar-refractivity contribution >= 4 is 32.9 Å². The third-order valence-electron chi connectivity index (χ3n) is 5.68. The first-order valence-electron chi connectivity index (χ1n) is 10.2. The number of anilines is 2. The van der Waals surface area contributed by atoms with E-state index in [-0.39, 0.29) is 17.5 Å². The van der Waals surface area contributed by atoms with E-state index >= 15 is 0 Å². The van der Waals surface area contributed by atoms with Gasteiger partial charge in [0.05, 0.1) is 16.0 Å². The Bertz CT molecular complexity index is 1190. The first kappa shape index (κ1) is 23.5. The van der Waals surface area contributed by atoms with E-state index in [4.69, 9.17) is 0 Å². The Hall–Kier alpha value is -2.63. The van der Waals surface area contributed by atoms with Crippen LogP contribution < -0.4 is 9.62 Å². The van der Waals surface area contributed by atoms with Crippen LogP contribution in [-0.2, 0) is 22.7 Å². The Labute approximate surface area is 194 Å². The number of aromatic nitrogens is 1. The molecule has 0 amide bonds. The lowest BCUT2D eigenvalue weighted by Crippen LogP contribution is -2.35. The van der Waals surface area contributed by atoms with E-state index in [1.165, 1.54) is 34.4 Å². The largest absolute Gasteiger partial charge is 0.418 e. The van der Waals surface area contributed by atoms with Gasteiger partial charge in [-0.1, -0.05) is 30.3 Å². The fraction of sp³-hybridized carbons (Fsp3) is 0.318. The SMILES string of the molecule is CN(c1ccc(S(=O)(=O)Nc2cscn2)cc1C(F)(F)F)[C@H]1CCN(Cc2ccccc2)C1. The van der Waals surface area contributed by atoms with Crippen molar-refractivity contribution < 1.29 is 21.6 Å². The normalized spacial score (nSPS) is 17.3. The van der Waals surface area contributed by atoms with Crippen molar-refractivity contribution in [2.24, 2.45) is 0 Å². The molecule has 1 N–H and O–H groups in total. The molecule has 0 unspecified atom stereocenters. The zero-order chi connectivity index (χ0) is 23.6. The molecule has 2 heterocycles. The van der Waals surface area contributed by atoms with Crippen LogP contribution in [0.2, 0.25) is 0 Å². The molecule has 1 atom stereocenters. The summed E-state index contributed by atoms with van der Waals surface area (Å²) in [7, 11) is -2.58. The summed E-state index contributed by atoms with van der Waals surface area (Å²) >= 11 is 1.18. The molecule has 11 heteroatoms. The smallest absolute Gasteiger partial charge is 0.370 e. The van der Waals surface area contributed by atoms with Crippen LogP contribution in [0.3, 0.4) is 0 Å². The second-order valence-electron chi connectivity index (χ2n) is 7.93. The van der Waals surface area contributed by atoms with Crippen LogP contribution in [0.25, 0.3) is 0 Å². The standard InChI is InChI=1S/C22H23F3N4O2S2/c1-28(17-9-10-29(13-17)12-16-5-3-2-4-6-16)20-8-7-18(11-19(20)22(23,24)25)33(30,31)27-21-14-32-15-26-21/h2-8,11,14-15,17,27H,9-10,12-13H2,1H3/t17-/m0/s1. The van der Waals surface area contributed by atoms with Crippen molar-refractivity contribution in [2.45, 2.75) is 30.1 Å². The number of benzene rings is 2. The zero-order valence-electron chi connectivity index (χ0n) is 17.8. The van der Waals surface area contributed by atoms with Crippen LogP contribution >= 0.6 is 11.3 Å². The minimum atomic E-state index is -4.71. The Morgan fingerprint density at radius 1 is 1.21 bits per heavy atom. The maximum absolute atomic E-state index is 13.9. The number of halogens is 3. The second-order valence-corrected chi connectivity index (χ2v) is 10.3. The Morgan fingerprint density at radius 3 is 2.64 bits per heavy atom. The van der Waals surface area contributed by atoms with Crippen LogP contribution in [0.4, 0.5) is 24.7 Å². The van der Waals surface area contributed by atoms with Gasteiger partial charge in [0.25, 0.3) is 10.0 Å². The molecule has 1 fully saturated rings. The van der Waals surface area contributed by atoms with Gasteiger partial charge in [-0.15, -0.1) is 11.3 Å². The summed E-state index contributed by atoms with van der Waals surface area (Å²) < 4.78 is 69.2. The molecule has 0 saturated carbocycles. The summed E-state index contributed by atoms with van der Waals surface area (Å²) in [5.74, 6) is 0.0687. The van der Waals surface area contributed by atoms with Crippen LogP contribution in [0.1, 0.15) is 17.5 Å². The third-order valence-corrected chi connectivity index (χ3v) is 7.62. The molecule has 0 radical (unpaired) electrons. The average molecular weight is 497 g/mol. The summed E-state index contributed by atoms with van der Waals surface area (Å²) in [5, 5.41) is 1.46. The number of likely N-dealkylation sites (tertiary alicyclic amines) is 1.